The standard InChI is InChI=1S/C19H15Cl2F3N2O2/c20-14-5-13(6-15(21)7-14)18(19(22,23)24)8-16(26-28-18)11-1-3-12(4-2-11)17(27)9-25-10-17/h1-7,25,27H,8-10H2/t18-/m0/s1. The second-order valence-corrected chi connectivity index (χ2v) is 7.87. The third-order valence-electron chi connectivity index (χ3n) is 5.11. The molecule has 0 saturated carbocycles. The molecule has 2 N–H and O–H groups in total. The third kappa shape index (κ3) is 3.16. The fourth-order valence-electron chi connectivity index (χ4n) is 3.38. The summed E-state index contributed by atoms with van der Waals surface area (Å²) in [7, 11) is 0. The smallest absolute Gasteiger partial charge is 0.382 e. The van der Waals surface area contributed by atoms with Gasteiger partial charge in [-0.25, -0.2) is 0 Å². The molecule has 0 unspecified atom stereocenters. The molecule has 0 bridgehead atoms. The van der Waals surface area contributed by atoms with E-state index < -0.39 is 23.8 Å². The Morgan fingerprint density at radius 2 is 1.61 bits per heavy atom. The first-order valence-corrected chi connectivity index (χ1v) is 9.21. The lowest BCUT2D eigenvalue weighted by Crippen LogP contribution is -2.56. The van der Waals surface area contributed by atoms with Gasteiger partial charge in [0.05, 0.1) is 5.71 Å². The fraction of sp³-hybridized carbons (Fsp3) is 0.316. The molecular formula is C19H15Cl2F3N2O2. The summed E-state index contributed by atoms with van der Waals surface area (Å²) in [6.07, 6.45) is -5.25. The number of nitrogens with one attached hydrogen (secondary N) is 1. The zero-order valence-electron chi connectivity index (χ0n) is 14.4. The van der Waals surface area contributed by atoms with Gasteiger partial charge < -0.3 is 15.3 Å². The molecule has 28 heavy (non-hydrogen) atoms. The largest absolute Gasteiger partial charge is 0.435 e. The van der Waals surface area contributed by atoms with Crippen LogP contribution in [0.25, 0.3) is 0 Å². The normalized spacial score (nSPS) is 23.7. The minimum Gasteiger partial charge on any atom is -0.382 e. The van der Waals surface area contributed by atoms with E-state index in [-0.39, 0.29) is 21.3 Å². The molecule has 1 saturated heterocycles. The van der Waals surface area contributed by atoms with Gasteiger partial charge in [-0.05, 0) is 29.3 Å². The number of aliphatic hydroxyl groups is 1. The SMILES string of the molecule is OC1(c2ccc(C3=NO[C@@](c4cc(Cl)cc(Cl)c4)(C(F)(F)F)C3)cc2)CNC1. The van der Waals surface area contributed by atoms with Gasteiger partial charge in [0.2, 0.25) is 0 Å². The fourth-order valence-corrected chi connectivity index (χ4v) is 3.91. The van der Waals surface area contributed by atoms with Gasteiger partial charge in [0.25, 0.3) is 5.60 Å². The number of alkyl halides is 3. The van der Waals surface area contributed by atoms with Crippen molar-refractivity contribution in [3.05, 3.63) is 69.2 Å². The minimum absolute atomic E-state index is 0.0786. The van der Waals surface area contributed by atoms with Gasteiger partial charge in [-0.15, -0.1) is 0 Å². The molecule has 0 aromatic heterocycles. The first-order valence-electron chi connectivity index (χ1n) is 8.45. The summed E-state index contributed by atoms with van der Waals surface area (Å²) in [5.74, 6) is 0. The maximum atomic E-state index is 14.0. The number of rotatable bonds is 3. The maximum Gasteiger partial charge on any atom is 0.435 e. The summed E-state index contributed by atoms with van der Waals surface area (Å²) in [6.45, 7) is 0.867. The highest BCUT2D eigenvalue weighted by Crippen LogP contribution is 2.49. The van der Waals surface area contributed by atoms with Crippen LogP contribution in [-0.2, 0) is 16.0 Å². The Hall–Kier alpha value is -1.80. The number of oxime groups is 1. The van der Waals surface area contributed by atoms with Crippen molar-refractivity contribution in [3.63, 3.8) is 0 Å². The van der Waals surface area contributed by atoms with E-state index in [0.717, 1.165) is 0 Å². The molecule has 1 fully saturated rings. The predicted molar refractivity (Wildman–Crippen MR) is 99.6 cm³/mol. The topological polar surface area (TPSA) is 53.9 Å². The second-order valence-electron chi connectivity index (χ2n) is 7.00. The summed E-state index contributed by atoms with van der Waals surface area (Å²) in [6, 6.07) is 10.3. The highest BCUT2D eigenvalue weighted by Gasteiger charge is 2.62. The zero-order chi connectivity index (χ0) is 20.2. The van der Waals surface area contributed by atoms with Crippen molar-refractivity contribution in [2.45, 2.75) is 23.8 Å². The Labute approximate surface area is 168 Å². The predicted octanol–water partition coefficient (Wildman–Crippen LogP) is 4.37. The van der Waals surface area contributed by atoms with Crippen LogP contribution in [0.1, 0.15) is 23.1 Å². The second kappa shape index (κ2) is 6.62. The highest BCUT2D eigenvalue weighted by molar-refractivity contribution is 6.34. The van der Waals surface area contributed by atoms with Crippen molar-refractivity contribution < 1.29 is 23.1 Å². The van der Waals surface area contributed by atoms with Crippen LogP contribution >= 0.6 is 23.2 Å². The van der Waals surface area contributed by atoms with Crippen molar-refractivity contribution in [3.8, 4) is 0 Å². The van der Waals surface area contributed by atoms with E-state index >= 15 is 0 Å². The monoisotopic (exact) mass is 430 g/mol. The molecule has 0 aliphatic carbocycles. The molecule has 0 radical (unpaired) electrons. The third-order valence-corrected chi connectivity index (χ3v) is 5.54. The van der Waals surface area contributed by atoms with Gasteiger partial charge >= 0.3 is 6.18 Å². The Kier molecular flexibility index (Phi) is 4.62. The quantitative estimate of drug-likeness (QED) is 0.760. The highest BCUT2D eigenvalue weighted by atomic mass is 35.5. The van der Waals surface area contributed by atoms with Crippen molar-refractivity contribution in [1.29, 1.82) is 0 Å². The molecule has 0 amide bonds. The Balaban J connectivity index is 1.65. The molecule has 4 nitrogen and oxygen atoms in total. The van der Waals surface area contributed by atoms with E-state index in [9.17, 15) is 18.3 Å². The lowest BCUT2D eigenvalue weighted by Gasteiger charge is -2.38. The molecule has 0 spiro atoms. The molecule has 4 rings (SSSR count). The number of hydrogen-bond donors (Lipinski definition) is 2. The average Bonchev–Trinajstić information content (AvgIpc) is 3.06. The number of β-amino-alcohol motifs (C(OH)–C–C–N with tert-alkyl or cyclic N) is 1. The van der Waals surface area contributed by atoms with Crippen LogP contribution in [0.3, 0.4) is 0 Å². The molecule has 2 aromatic rings. The van der Waals surface area contributed by atoms with Gasteiger partial charge in [-0.1, -0.05) is 52.6 Å². The van der Waals surface area contributed by atoms with E-state index in [1.165, 1.54) is 18.2 Å². The first kappa shape index (κ1) is 19.5. The van der Waals surface area contributed by atoms with Crippen molar-refractivity contribution in [2.75, 3.05) is 13.1 Å². The van der Waals surface area contributed by atoms with Crippen LogP contribution in [0, 0.1) is 0 Å². The number of hydrogen-bond acceptors (Lipinski definition) is 4. The molecule has 2 aromatic carbocycles. The molecule has 1 atom stereocenters. The Bertz CT molecular complexity index is 923. The van der Waals surface area contributed by atoms with Crippen molar-refractivity contribution in [1.82, 2.24) is 5.32 Å². The van der Waals surface area contributed by atoms with Gasteiger partial charge in [-0.3, -0.25) is 0 Å². The van der Waals surface area contributed by atoms with Gasteiger partial charge in [0.1, 0.15) is 5.60 Å². The summed E-state index contributed by atoms with van der Waals surface area (Å²) >= 11 is 11.8. The van der Waals surface area contributed by atoms with Gasteiger partial charge in [-0.2, -0.15) is 13.2 Å². The van der Waals surface area contributed by atoms with Crippen LogP contribution < -0.4 is 5.32 Å². The number of nitrogens with zero attached hydrogens (tertiary/aromatic N) is 1. The summed E-state index contributed by atoms with van der Waals surface area (Å²) < 4.78 is 42.0. The molecule has 2 heterocycles. The van der Waals surface area contributed by atoms with Gasteiger partial charge in [0, 0.05) is 35.1 Å². The van der Waals surface area contributed by atoms with Crippen LogP contribution in [0.15, 0.2) is 47.6 Å². The van der Waals surface area contributed by atoms with E-state index in [2.05, 4.69) is 10.5 Å². The number of benzene rings is 2. The molecule has 148 valence electrons. The molecule has 9 heteroatoms. The number of halogens is 5. The zero-order valence-corrected chi connectivity index (χ0v) is 15.9. The molecule has 2 aliphatic rings. The first-order chi connectivity index (χ1) is 13.1. The van der Waals surface area contributed by atoms with E-state index in [4.69, 9.17) is 28.0 Å². The summed E-state index contributed by atoms with van der Waals surface area (Å²) in [5.41, 5.74) is -2.48. The van der Waals surface area contributed by atoms with Gasteiger partial charge in [0.15, 0.2) is 0 Å². The van der Waals surface area contributed by atoms with E-state index in [1.807, 2.05) is 0 Å². The average molecular weight is 431 g/mol. The van der Waals surface area contributed by atoms with E-state index in [0.29, 0.717) is 24.2 Å². The molecular weight excluding hydrogens is 416 g/mol. The van der Waals surface area contributed by atoms with E-state index in [1.54, 1.807) is 24.3 Å². The molecule has 2 aliphatic heterocycles. The lowest BCUT2D eigenvalue weighted by atomic mass is 9.85. The minimum atomic E-state index is -4.74. The lowest BCUT2D eigenvalue weighted by molar-refractivity contribution is -0.275. The summed E-state index contributed by atoms with van der Waals surface area (Å²) in [5, 5.41) is 17.2. The van der Waals surface area contributed by atoms with Crippen LogP contribution in [0.2, 0.25) is 10.0 Å². The maximum absolute atomic E-state index is 14.0. The summed E-state index contributed by atoms with van der Waals surface area (Å²) in [4.78, 5) is 4.98. The Morgan fingerprint density at radius 3 is 2.11 bits per heavy atom. The van der Waals surface area contributed by atoms with Crippen LogP contribution in [0.5, 0.6) is 0 Å². The van der Waals surface area contributed by atoms with Crippen LogP contribution in [0.4, 0.5) is 13.2 Å². The Morgan fingerprint density at radius 1 is 1.00 bits per heavy atom. The van der Waals surface area contributed by atoms with Crippen molar-refractivity contribution >= 4 is 28.9 Å². The van der Waals surface area contributed by atoms with Crippen molar-refractivity contribution in [2.24, 2.45) is 5.16 Å². The van der Waals surface area contributed by atoms with Crippen LogP contribution in [-0.4, -0.2) is 30.1 Å².